The number of rotatable bonds is 6. The molecule has 0 radical (unpaired) electrons. The number of nitrogens with one attached hydrogen (secondary N) is 1. The van der Waals surface area contributed by atoms with Gasteiger partial charge in [-0.3, -0.25) is 4.79 Å². The summed E-state index contributed by atoms with van der Waals surface area (Å²) in [6.45, 7) is 4.31. The van der Waals surface area contributed by atoms with Gasteiger partial charge in [-0.15, -0.1) is 0 Å². The molecule has 0 unspecified atom stereocenters. The topological polar surface area (TPSA) is 64.7 Å². The van der Waals surface area contributed by atoms with Crippen LogP contribution in [-0.2, 0) is 17.8 Å². The van der Waals surface area contributed by atoms with Crippen LogP contribution in [0.4, 0.5) is 10.2 Å². The molecule has 0 saturated heterocycles. The van der Waals surface area contributed by atoms with Crippen LogP contribution in [0.15, 0.2) is 65.3 Å². The number of aryl methyl sites for hydroxylation is 1. The molecule has 0 spiro atoms. The SMILES string of the molecule is Cc1nn(-c2ccc(F)cc2)c(C)c1CC(=O)Nc1ccnn1Cc1ccccc1Br. The first-order valence-corrected chi connectivity index (χ1v) is 10.6. The third-order valence-corrected chi connectivity index (χ3v) is 5.89. The molecule has 2 aromatic heterocycles. The van der Waals surface area contributed by atoms with Gasteiger partial charge in [0, 0.05) is 21.8 Å². The van der Waals surface area contributed by atoms with Crippen LogP contribution in [0.5, 0.6) is 0 Å². The molecule has 1 N–H and O–H groups in total. The lowest BCUT2D eigenvalue weighted by atomic mass is 10.1. The molecule has 158 valence electrons. The van der Waals surface area contributed by atoms with Crippen molar-refractivity contribution in [2.75, 3.05) is 5.32 Å². The van der Waals surface area contributed by atoms with Crippen molar-refractivity contribution in [2.24, 2.45) is 0 Å². The number of carbonyl (C=O) groups excluding carboxylic acids is 1. The highest BCUT2D eigenvalue weighted by molar-refractivity contribution is 9.10. The van der Waals surface area contributed by atoms with Gasteiger partial charge in [0.05, 0.1) is 30.5 Å². The number of anilines is 1. The molecule has 1 amide bonds. The Morgan fingerprint density at radius 1 is 1.10 bits per heavy atom. The summed E-state index contributed by atoms with van der Waals surface area (Å²) in [5.74, 6) is 0.171. The second kappa shape index (κ2) is 8.85. The minimum absolute atomic E-state index is 0.154. The van der Waals surface area contributed by atoms with E-state index in [0.29, 0.717) is 12.4 Å². The number of hydrogen-bond acceptors (Lipinski definition) is 3. The molecular formula is C23H21BrFN5O. The summed E-state index contributed by atoms with van der Waals surface area (Å²) in [6.07, 6.45) is 1.84. The second-order valence-electron chi connectivity index (χ2n) is 7.23. The van der Waals surface area contributed by atoms with Crippen molar-refractivity contribution in [1.29, 1.82) is 0 Å². The lowest BCUT2D eigenvalue weighted by Gasteiger charge is -2.11. The molecule has 0 fully saturated rings. The maximum Gasteiger partial charge on any atom is 0.230 e. The van der Waals surface area contributed by atoms with Gasteiger partial charge in [0.25, 0.3) is 0 Å². The number of carbonyl (C=O) groups is 1. The lowest BCUT2D eigenvalue weighted by Crippen LogP contribution is -2.18. The van der Waals surface area contributed by atoms with E-state index in [0.717, 1.165) is 32.7 Å². The van der Waals surface area contributed by atoms with Gasteiger partial charge in [0.2, 0.25) is 5.91 Å². The lowest BCUT2D eigenvalue weighted by molar-refractivity contribution is -0.115. The summed E-state index contributed by atoms with van der Waals surface area (Å²) in [4.78, 5) is 12.8. The zero-order valence-electron chi connectivity index (χ0n) is 17.1. The van der Waals surface area contributed by atoms with Crippen molar-refractivity contribution in [3.63, 3.8) is 0 Å². The van der Waals surface area contributed by atoms with E-state index < -0.39 is 0 Å². The first kappa shape index (κ1) is 21.0. The number of nitrogens with zero attached hydrogens (tertiary/aromatic N) is 4. The largest absolute Gasteiger partial charge is 0.311 e. The summed E-state index contributed by atoms with van der Waals surface area (Å²) >= 11 is 3.54. The van der Waals surface area contributed by atoms with Gasteiger partial charge in [-0.05, 0) is 49.7 Å². The second-order valence-corrected chi connectivity index (χ2v) is 8.08. The third kappa shape index (κ3) is 4.59. The number of halogens is 2. The van der Waals surface area contributed by atoms with Crippen molar-refractivity contribution >= 4 is 27.7 Å². The molecule has 0 saturated carbocycles. The van der Waals surface area contributed by atoms with Crippen molar-refractivity contribution < 1.29 is 9.18 Å². The summed E-state index contributed by atoms with van der Waals surface area (Å²) in [6, 6.07) is 15.8. The van der Waals surface area contributed by atoms with Crippen LogP contribution < -0.4 is 5.32 Å². The standard InChI is InChI=1S/C23H21BrFN5O/c1-15-20(16(2)30(28-15)19-9-7-18(25)8-10-19)13-23(31)27-22-11-12-26-29(22)14-17-5-3-4-6-21(17)24/h3-12H,13-14H2,1-2H3,(H,27,31). The molecule has 0 bridgehead atoms. The average molecular weight is 482 g/mol. The van der Waals surface area contributed by atoms with Crippen LogP contribution in [0.3, 0.4) is 0 Å². The Hall–Kier alpha value is -3.26. The number of benzene rings is 2. The van der Waals surface area contributed by atoms with Crippen LogP contribution in [0.2, 0.25) is 0 Å². The third-order valence-electron chi connectivity index (χ3n) is 5.11. The maximum atomic E-state index is 13.2. The molecule has 4 aromatic rings. The Morgan fingerprint density at radius 3 is 2.58 bits per heavy atom. The summed E-state index contributed by atoms with van der Waals surface area (Å²) < 4.78 is 17.7. The van der Waals surface area contributed by atoms with Crippen LogP contribution in [0, 0.1) is 19.7 Å². The predicted molar refractivity (Wildman–Crippen MR) is 121 cm³/mol. The minimum atomic E-state index is -0.302. The molecular weight excluding hydrogens is 461 g/mol. The molecule has 0 atom stereocenters. The molecule has 0 aliphatic heterocycles. The van der Waals surface area contributed by atoms with E-state index in [1.165, 1.54) is 12.1 Å². The normalized spacial score (nSPS) is 11.0. The van der Waals surface area contributed by atoms with Crippen molar-refractivity contribution in [2.45, 2.75) is 26.8 Å². The van der Waals surface area contributed by atoms with Gasteiger partial charge >= 0.3 is 0 Å². The van der Waals surface area contributed by atoms with Crippen LogP contribution in [0.1, 0.15) is 22.5 Å². The highest BCUT2D eigenvalue weighted by Gasteiger charge is 2.17. The van der Waals surface area contributed by atoms with E-state index in [9.17, 15) is 9.18 Å². The van der Waals surface area contributed by atoms with E-state index >= 15 is 0 Å². The monoisotopic (exact) mass is 481 g/mol. The fraction of sp³-hybridized carbons (Fsp3) is 0.174. The van der Waals surface area contributed by atoms with Crippen LogP contribution >= 0.6 is 15.9 Å². The molecule has 8 heteroatoms. The number of amides is 1. The Labute approximate surface area is 187 Å². The Bertz CT molecular complexity index is 1230. The maximum absolute atomic E-state index is 13.2. The predicted octanol–water partition coefficient (Wildman–Crippen LogP) is 4.82. The Kier molecular flexibility index (Phi) is 5.99. The fourth-order valence-corrected chi connectivity index (χ4v) is 3.88. The van der Waals surface area contributed by atoms with E-state index in [2.05, 4.69) is 31.4 Å². The van der Waals surface area contributed by atoms with Crippen molar-refractivity contribution in [3.8, 4) is 5.69 Å². The van der Waals surface area contributed by atoms with Crippen molar-refractivity contribution in [3.05, 3.63) is 93.6 Å². The molecule has 4 rings (SSSR count). The van der Waals surface area contributed by atoms with Gasteiger partial charge < -0.3 is 5.32 Å². The Balaban J connectivity index is 1.50. The van der Waals surface area contributed by atoms with E-state index in [1.54, 1.807) is 33.8 Å². The molecule has 0 aliphatic carbocycles. The van der Waals surface area contributed by atoms with Gasteiger partial charge in [-0.25, -0.2) is 13.8 Å². The van der Waals surface area contributed by atoms with Crippen LogP contribution in [0.25, 0.3) is 5.69 Å². The quantitative estimate of drug-likeness (QED) is 0.429. The first-order chi connectivity index (χ1) is 14.9. The molecule has 31 heavy (non-hydrogen) atoms. The van der Waals surface area contributed by atoms with E-state index in [4.69, 9.17) is 0 Å². The summed E-state index contributed by atoms with van der Waals surface area (Å²) in [5, 5.41) is 11.8. The first-order valence-electron chi connectivity index (χ1n) is 9.78. The smallest absolute Gasteiger partial charge is 0.230 e. The minimum Gasteiger partial charge on any atom is -0.311 e. The van der Waals surface area contributed by atoms with Crippen molar-refractivity contribution in [1.82, 2.24) is 19.6 Å². The molecule has 2 aromatic carbocycles. The van der Waals surface area contributed by atoms with Gasteiger partial charge in [-0.1, -0.05) is 34.1 Å². The fourth-order valence-electron chi connectivity index (χ4n) is 3.46. The summed E-state index contributed by atoms with van der Waals surface area (Å²) in [5.41, 5.74) is 4.27. The molecule has 0 aliphatic rings. The van der Waals surface area contributed by atoms with Crippen LogP contribution in [-0.4, -0.2) is 25.5 Å². The molecule has 6 nitrogen and oxygen atoms in total. The highest BCUT2D eigenvalue weighted by Crippen LogP contribution is 2.21. The Morgan fingerprint density at radius 2 is 1.84 bits per heavy atom. The number of aromatic nitrogens is 4. The number of hydrogen-bond donors (Lipinski definition) is 1. The summed E-state index contributed by atoms with van der Waals surface area (Å²) in [7, 11) is 0. The zero-order chi connectivity index (χ0) is 22.0. The average Bonchev–Trinajstić information content (AvgIpc) is 3.29. The molecule has 2 heterocycles. The highest BCUT2D eigenvalue weighted by atomic mass is 79.9. The van der Waals surface area contributed by atoms with Gasteiger partial charge in [0.1, 0.15) is 11.6 Å². The zero-order valence-corrected chi connectivity index (χ0v) is 18.7. The van der Waals surface area contributed by atoms with Gasteiger partial charge in [-0.2, -0.15) is 10.2 Å². The van der Waals surface area contributed by atoms with E-state index in [1.807, 2.05) is 38.1 Å². The van der Waals surface area contributed by atoms with Gasteiger partial charge in [0.15, 0.2) is 0 Å². The van der Waals surface area contributed by atoms with E-state index in [-0.39, 0.29) is 18.1 Å².